The standard InChI is InChI=1S/C13H19N3O3/c1-13(2)7-10(18)12(11(19)8-13)9(17)5-3-4-6-15-16-14/h17H,3-8H2,1-2H3. The number of unbranched alkanes of at least 4 members (excludes halogenated alkanes) is 1. The van der Waals surface area contributed by atoms with Crippen LogP contribution in [0, 0.1) is 5.41 Å². The van der Waals surface area contributed by atoms with Gasteiger partial charge in [0.1, 0.15) is 5.76 Å². The van der Waals surface area contributed by atoms with Crippen LogP contribution < -0.4 is 0 Å². The predicted molar refractivity (Wildman–Crippen MR) is 70.5 cm³/mol. The first-order valence-corrected chi connectivity index (χ1v) is 6.37. The zero-order valence-electron chi connectivity index (χ0n) is 11.3. The van der Waals surface area contributed by atoms with Gasteiger partial charge >= 0.3 is 0 Å². The van der Waals surface area contributed by atoms with Gasteiger partial charge in [0.05, 0.1) is 5.57 Å². The maximum Gasteiger partial charge on any atom is 0.170 e. The van der Waals surface area contributed by atoms with E-state index >= 15 is 0 Å². The van der Waals surface area contributed by atoms with Crippen LogP contribution in [0.3, 0.4) is 0 Å². The van der Waals surface area contributed by atoms with Crippen molar-refractivity contribution in [2.24, 2.45) is 10.5 Å². The van der Waals surface area contributed by atoms with Crippen molar-refractivity contribution in [2.45, 2.75) is 46.0 Å². The molecule has 6 heteroatoms. The summed E-state index contributed by atoms with van der Waals surface area (Å²) in [5, 5.41) is 13.3. The van der Waals surface area contributed by atoms with Crippen LogP contribution in [0.15, 0.2) is 16.4 Å². The fourth-order valence-electron chi connectivity index (χ4n) is 2.23. The minimum absolute atomic E-state index is 0.0249. The molecule has 1 saturated carbocycles. The van der Waals surface area contributed by atoms with Gasteiger partial charge in [-0.2, -0.15) is 0 Å². The Morgan fingerprint density at radius 2 is 1.89 bits per heavy atom. The number of aliphatic hydroxyl groups excluding tert-OH is 1. The Bertz CT molecular complexity index is 438. The van der Waals surface area contributed by atoms with Crippen LogP contribution in [0.25, 0.3) is 10.4 Å². The third kappa shape index (κ3) is 4.41. The van der Waals surface area contributed by atoms with Crippen LogP contribution in [-0.2, 0) is 9.59 Å². The van der Waals surface area contributed by atoms with Gasteiger partial charge in [0.25, 0.3) is 0 Å². The van der Waals surface area contributed by atoms with Crippen molar-refractivity contribution in [3.63, 3.8) is 0 Å². The Kier molecular flexibility index (Phi) is 5.12. The number of Topliss-reactive ketones (excluding diaryl/α,β-unsaturated/α-hetero) is 2. The van der Waals surface area contributed by atoms with Gasteiger partial charge in [-0.15, -0.1) is 0 Å². The number of hydrogen-bond donors (Lipinski definition) is 1. The fourth-order valence-corrected chi connectivity index (χ4v) is 2.23. The third-order valence-corrected chi connectivity index (χ3v) is 3.11. The molecule has 1 aliphatic carbocycles. The highest BCUT2D eigenvalue weighted by Crippen LogP contribution is 2.34. The average Bonchev–Trinajstić information content (AvgIpc) is 2.25. The van der Waals surface area contributed by atoms with Crippen molar-refractivity contribution in [1.82, 2.24) is 0 Å². The molecule has 0 radical (unpaired) electrons. The van der Waals surface area contributed by atoms with E-state index in [1.807, 2.05) is 13.8 Å². The Balaban J connectivity index is 2.65. The topological polar surface area (TPSA) is 103 Å². The Hall–Kier alpha value is -1.81. The van der Waals surface area contributed by atoms with E-state index in [0.717, 1.165) is 0 Å². The van der Waals surface area contributed by atoms with Gasteiger partial charge in [0.15, 0.2) is 11.6 Å². The zero-order valence-corrected chi connectivity index (χ0v) is 11.3. The number of azide groups is 1. The first-order valence-electron chi connectivity index (χ1n) is 6.37. The molecule has 0 amide bonds. The predicted octanol–water partition coefficient (Wildman–Crippen LogP) is 3.24. The van der Waals surface area contributed by atoms with Gasteiger partial charge in [-0.25, -0.2) is 0 Å². The number of carbonyl (C=O) groups is 2. The largest absolute Gasteiger partial charge is 0.511 e. The molecule has 0 aliphatic heterocycles. The molecule has 0 spiro atoms. The maximum atomic E-state index is 11.9. The highest BCUT2D eigenvalue weighted by molar-refractivity contribution is 6.22. The second-order valence-electron chi connectivity index (χ2n) is 5.60. The number of nitrogens with zero attached hydrogens (tertiary/aromatic N) is 3. The number of allylic oxidation sites excluding steroid dienone is 2. The monoisotopic (exact) mass is 265 g/mol. The second-order valence-corrected chi connectivity index (χ2v) is 5.60. The van der Waals surface area contributed by atoms with E-state index in [-0.39, 0.29) is 47.6 Å². The molecule has 0 unspecified atom stereocenters. The molecule has 1 aliphatic rings. The summed E-state index contributed by atoms with van der Waals surface area (Å²) in [6.07, 6.45) is 2.05. The first-order chi connectivity index (χ1) is 8.87. The van der Waals surface area contributed by atoms with Crippen LogP contribution in [0.1, 0.15) is 46.0 Å². The minimum Gasteiger partial charge on any atom is -0.511 e. The van der Waals surface area contributed by atoms with E-state index in [9.17, 15) is 14.7 Å². The van der Waals surface area contributed by atoms with Crippen molar-refractivity contribution >= 4 is 11.6 Å². The van der Waals surface area contributed by atoms with E-state index < -0.39 is 0 Å². The van der Waals surface area contributed by atoms with E-state index in [1.165, 1.54) is 0 Å². The molecular formula is C13H19N3O3. The van der Waals surface area contributed by atoms with E-state index in [2.05, 4.69) is 10.0 Å². The summed E-state index contributed by atoms with van der Waals surface area (Å²) in [5.41, 5.74) is 7.76. The molecule has 0 aromatic heterocycles. The minimum atomic E-state index is -0.320. The highest BCUT2D eigenvalue weighted by atomic mass is 16.3. The first kappa shape index (κ1) is 15.2. The van der Waals surface area contributed by atoms with Crippen molar-refractivity contribution in [3.8, 4) is 0 Å². The lowest BCUT2D eigenvalue weighted by Crippen LogP contribution is -2.32. The van der Waals surface area contributed by atoms with Gasteiger partial charge in [0, 0.05) is 30.7 Å². The van der Waals surface area contributed by atoms with E-state index in [0.29, 0.717) is 19.4 Å². The lowest BCUT2D eigenvalue weighted by molar-refractivity contribution is -0.127. The molecule has 19 heavy (non-hydrogen) atoms. The van der Waals surface area contributed by atoms with E-state index in [1.54, 1.807) is 0 Å². The Morgan fingerprint density at radius 3 is 2.42 bits per heavy atom. The quantitative estimate of drug-likeness (QED) is 0.157. The number of rotatable bonds is 5. The fraction of sp³-hybridized carbons (Fsp3) is 0.692. The molecular weight excluding hydrogens is 246 g/mol. The van der Waals surface area contributed by atoms with Crippen LogP contribution in [0.4, 0.5) is 0 Å². The van der Waals surface area contributed by atoms with Crippen LogP contribution in [0.5, 0.6) is 0 Å². The van der Waals surface area contributed by atoms with Crippen molar-refractivity contribution in [3.05, 3.63) is 21.8 Å². The smallest absolute Gasteiger partial charge is 0.170 e. The second kappa shape index (κ2) is 6.38. The van der Waals surface area contributed by atoms with Gasteiger partial charge in [0.2, 0.25) is 0 Å². The highest BCUT2D eigenvalue weighted by Gasteiger charge is 2.37. The molecule has 0 heterocycles. The number of hydrogen-bond acceptors (Lipinski definition) is 4. The van der Waals surface area contributed by atoms with E-state index in [4.69, 9.17) is 5.53 Å². The molecule has 1 N–H and O–H groups in total. The van der Waals surface area contributed by atoms with Gasteiger partial charge < -0.3 is 5.11 Å². The lowest BCUT2D eigenvalue weighted by atomic mass is 9.73. The van der Waals surface area contributed by atoms with Gasteiger partial charge in [-0.1, -0.05) is 19.0 Å². The lowest BCUT2D eigenvalue weighted by Gasteiger charge is -2.28. The molecule has 6 nitrogen and oxygen atoms in total. The summed E-state index contributed by atoms with van der Waals surface area (Å²) >= 11 is 0. The summed E-state index contributed by atoms with van der Waals surface area (Å²) in [6.45, 7) is 4.10. The molecule has 0 atom stereocenters. The Labute approximate surface area is 112 Å². The molecule has 1 rings (SSSR count). The molecule has 0 saturated heterocycles. The summed E-state index contributed by atoms with van der Waals surface area (Å²) in [7, 11) is 0. The summed E-state index contributed by atoms with van der Waals surface area (Å²) in [4.78, 5) is 26.4. The number of ketones is 2. The number of carbonyl (C=O) groups excluding carboxylic acids is 2. The third-order valence-electron chi connectivity index (χ3n) is 3.11. The molecule has 0 aromatic carbocycles. The number of aliphatic hydroxyl groups is 1. The SMILES string of the molecule is CC1(C)CC(=O)C(=C(O)CCCCN=[N+]=[N-])C(=O)C1. The normalized spacial score (nSPS) is 18.1. The van der Waals surface area contributed by atoms with Crippen LogP contribution in [0.2, 0.25) is 0 Å². The summed E-state index contributed by atoms with van der Waals surface area (Å²) in [5.74, 6) is -0.658. The zero-order chi connectivity index (χ0) is 14.5. The van der Waals surface area contributed by atoms with Crippen molar-refractivity contribution in [2.75, 3.05) is 6.54 Å². The Morgan fingerprint density at radius 1 is 1.32 bits per heavy atom. The van der Waals surface area contributed by atoms with Gasteiger partial charge in [-0.3, -0.25) is 9.59 Å². The van der Waals surface area contributed by atoms with Crippen molar-refractivity contribution < 1.29 is 14.7 Å². The summed E-state index contributed by atoms with van der Waals surface area (Å²) < 4.78 is 0. The van der Waals surface area contributed by atoms with Crippen molar-refractivity contribution in [1.29, 1.82) is 0 Å². The summed E-state index contributed by atoms with van der Waals surface area (Å²) in [6, 6.07) is 0. The molecule has 104 valence electrons. The van der Waals surface area contributed by atoms with Gasteiger partial charge in [-0.05, 0) is 23.8 Å². The average molecular weight is 265 g/mol. The molecule has 1 fully saturated rings. The molecule has 0 aromatic rings. The maximum absolute atomic E-state index is 11.9. The molecule has 0 bridgehead atoms. The van der Waals surface area contributed by atoms with Crippen LogP contribution >= 0.6 is 0 Å². The van der Waals surface area contributed by atoms with Crippen LogP contribution in [-0.4, -0.2) is 23.2 Å².